The van der Waals surface area contributed by atoms with Crippen molar-refractivity contribution in [3.05, 3.63) is 12.2 Å². The minimum absolute atomic E-state index is 0.0638. The van der Waals surface area contributed by atoms with E-state index >= 15 is 0 Å². The van der Waals surface area contributed by atoms with Gasteiger partial charge in [0.25, 0.3) is 0 Å². The van der Waals surface area contributed by atoms with Crippen LogP contribution in [0.3, 0.4) is 0 Å². The van der Waals surface area contributed by atoms with Crippen LogP contribution in [0.1, 0.15) is 226 Å². The molecule has 0 aromatic carbocycles. The molecule has 7 N–H and O–H groups in total. The Balaban J connectivity index is 1.66. The third-order valence-corrected chi connectivity index (χ3v) is 13.5. The number of aliphatic hydroxyl groups excluding tert-OH is 7. The molecule has 0 aliphatic carbocycles. The third kappa shape index (κ3) is 29.3. The second-order valence-electron chi connectivity index (χ2n) is 19.8. The zero-order valence-corrected chi connectivity index (χ0v) is 42.9. The van der Waals surface area contributed by atoms with Gasteiger partial charge in [0, 0.05) is 13.0 Å². The first kappa shape index (κ1) is 62.8. The van der Waals surface area contributed by atoms with Gasteiger partial charge in [0.2, 0.25) is 0 Å². The Morgan fingerprint density at radius 2 is 0.897 bits per heavy atom. The van der Waals surface area contributed by atoms with E-state index in [-0.39, 0.29) is 25.6 Å². The van der Waals surface area contributed by atoms with Crippen molar-refractivity contribution in [2.45, 2.75) is 293 Å². The highest BCUT2D eigenvalue weighted by Crippen LogP contribution is 2.27. The number of hydrogen-bond donors (Lipinski definition) is 7. The van der Waals surface area contributed by atoms with E-state index in [1.54, 1.807) is 0 Å². The zero-order chi connectivity index (χ0) is 49.5. The maximum absolute atomic E-state index is 13.0. The maximum atomic E-state index is 13.0. The smallest absolute Gasteiger partial charge is 0.306 e. The number of carbonyl (C=O) groups is 1. The van der Waals surface area contributed by atoms with E-state index in [1.165, 1.54) is 135 Å². The van der Waals surface area contributed by atoms with Gasteiger partial charge >= 0.3 is 5.97 Å². The summed E-state index contributed by atoms with van der Waals surface area (Å²) in [6.07, 6.45) is 28.7. The summed E-state index contributed by atoms with van der Waals surface area (Å²) in [5.41, 5.74) is 0. The molecule has 0 bridgehead atoms. The Bertz CT molecular complexity index is 1180. The van der Waals surface area contributed by atoms with Crippen molar-refractivity contribution in [1.82, 2.24) is 0 Å². The predicted molar refractivity (Wildman–Crippen MR) is 266 cm³/mol. The van der Waals surface area contributed by atoms with Gasteiger partial charge in [0.1, 0.15) is 54.9 Å². The average molecular weight is 975 g/mol. The van der Waals surface area contributed by atoms with E-state index in [0.717, 1.165) is 64.2 Å². The van der Waals surface area contributed by atoms with Crippen LogP contribution in [-0.4, -0.2) is 142 Å². The van der Waals surface area contributed by atoms with Crippen LogP contribution in [0.15, 0.2) is 12.2 Å². The summed E-state index contributed by atoms with van der Waals surface area (Å²) in [4.78, 5) is 13.0. The molecule has 2 saturated heterocycles. The fraction of sp³-hybridized carbons (Fsp3) is 0.944. The highest BCUT2D eigenvalue weighted by Gasteiger charge is 2.47. The van der Waals surface area contributed by atoms with E-state index in [9.17, 15) is 40.5 Å². The lowest BCUT2D eigenvalue weighted by Gasteiger charge is -2.42. The van der Waals surface area contributed by atoms with Crippen molar-refractivity contribution in [3.8, 4) is 0 Å². The Morgan fingerprint density at radius 1 is 0.471 bits per heavy atom. The average Bonchev–Trinajstić information content (AvgIpc) is 3.33. The number of unbranched alkanes of at least 4 members (excludes halogenated alkanes) is 29. The minimum atomic E-state index is -1.70. The number of ether oxygens (including phenoxy) is 6. The molecule has 2 heterocycles. The first-order valence-electron chi connectivity index (χ1n) is 27.8. The van der Waals surface area contributed by atoms with Gasteiger partial charge in [-0.05, 0) is 32.1 Å². The summed E-state index contributed by atoms with van der Waals surface area (Å²) in [6, 6.07) is 0. The van der Waals surface area contributed by atoms with Crippen molar-refractivity contribution < 1.29 is 69.0 Å². The molecule has 11 unspecified atom stereocenters. The summed E-state index contributed by atoms with van der Waals surface area (Å²) in [7, 11) is 0. The van der Waals surface area contributed by atoms with Gasteiger partial charge in [-0.3, -0.25) is 4.79 Å². The largest absolute Gasteiger partial charge is 0.457 e. The number of hydrogen-bond acceptors (Lipinski definition) is 14. The lowest BCUT2D eigenvalue weighted by Crippen LogP contribution is -2.61. The molecule has 11 atom stereocenters. The van der Waals surface area contributed by atoms with Crippen LogP contribution >= 0.6 is 0 Å². The molecule has 2 rings (SSSR count). The predicted octanol–water partition coefficient (Wildman–Crippen LogP) is 9.02. The van der Waals surface area contributed by atoms with Gasteiger partial charge in [-0.15, -0.1) is 0 Å². The van der Waals surface area contributed by atoms with E-state index in [4.69, 9.17) is 28.4 Å². The quantitative estimate of drug-likeness (QED) is 0.0172. The van der Waals surface area contributed by atoms with Gasteiger partial charge in [-0.25, -0.2) is 0 Å². The van der Waals surface area contributed by atoms with E-state index in [1.807, 2.05) is 0 Å². The number of esters is 1. The minimum Gasteiger partial charge on any atom is -0.457 e. The Hall–Kier alpha value is -1.27. The summed E-state index contributed by atoms with van der Waals surface area (Å²) in [5, 5.41) is 72.1. The molecule has 14 nitrogen and oxygen atoms in total. The molecule has 0 aromatic rings. The van der Waals surface area contributed by atoms with Gasteiger partial charge in [0.05, 0.1) is 26.4 Å². The van der Waals surface area contributed by atoms with Crippen LogP contribution in [0.4, 0.5) is 0 Å². The van der Waals surface area contributed by atoms with Crippen molar-refractivity contribution in [2.75, 3.05) is 33.0 Å². The van der Waals surface area contributed by atoms with Crippen LogP contribution < -0.4 is 0 Å². The molecule has 2 fully saturated rings. The summed E-state index contributed by atoms with van der Waals surface area (Å²) in [6.45, 7) is 3.65. The summed E-state index contributed by atoms with van der Waals surface area (Å²) >= 11 is 0. The number of allylic oxidation sites excluding steroid dienone is 2. The fourth-order valence-corrected chi connectivity index (χ4v) is 9.00. The second kappa shape index (κ2) is 42.3. The SMILES string of the molecule is CCC/C=C\CCCCCCCC(=O)OC(COCCCCCCCCCCCCCCCCCCCCCCCCCC)COC1OC(COC2OC(CO)C(O)C(O)C2O)C(O)C(O)C1O. The number of rotatable bonds is 45. The highest BCUT2D eigenvalue weighted by atomic mass is 16.7. The van der Waals surface area contributed by atoms with E-state index in [2.05, 4.69) is 26.0 Å². The van der Waals surface area contributed by atoms with E-state index < -0.39 is 80.7 Å². The molecule has 0 aromatic heterocycles. The molecular formula is C54H102O14. The third-order valence-electron chi connectivity index (χ3n) is 13.5. The lowest BCUT2D eigenvalue weighted by atomic mass is 9.98. The summed E-state index contributed by atoms with van der Waals surface area (Å²) < 4.78 is 34.3. The first-order valence-corrected chi connectivity index (χ1v) is 27.8. The highest BCUT2D eigenvalue weighted by molar-refractivity contribution is 5.69. The monoisotopic (exact) mass is 975 g/mol. The van der Waals surface area contributed by atoms with Crippen molar-refractivity contribution in [1.29, 1.82) is 0 Å². The Kier molecular flexibility index (Phi) is 39.1. The van der Waals surface area contributed by atoms with Gasteiger partial charge in [0.15, 0.2) is 12.6 Å². The molecule has 0 spiro atoms. The Morgan fingerprint density at radius 3 is 1.40 bits per heavy atom. The van der Waals surface area contributed by atoms with Crippen LogP contribution in [0.2, 0.25) is 0 Å². The molecule has 0 amide bonds. The molecule has 0 radical (unpaired) electrons. The van der Waals surface area contributed by atoms with Crippen LogP contribution in [0.5, 0.6) is 0 Å². The van der Waals surface area contributed by atoms with Crippen LogP contribution in [0.25, 0.3) is 0 Å². The zero-order valence-electron chi connectivity index (χ0n) is 42.9. The number of carbonyl (C=O) groups excluding carboxylic acids is 1. The molecule has 402 valence electrons. The number of aliphatic hydroxyl groups is 7. The first-order chi connectivity index (χ1) is 33.1. The Labute approximate surface area is 412 Å². The molecule has 2 aliphatic rings. The molecule has 14 heteroatoms. The van der Waals surface area contributed by atoms with Gasteiger partial charge in [-0.1, -0.05) is 199 Å². The van der Waals surface area contributed by atoms with E-state index in [0.29, 0.717) is 13.0 Å². The molecule has 0 saturated carbocycles. The molecule has 2 aliphatic heterocycles. The van der Waals surface area contributed by atoms with Crippen molar-refractivity contribution >= 4 is 5.97 Å². The fourth-order valence-electron chi connectivity index (χ4n) is 9.00. The van der Waals surface area contributed by atoms with Crippen LogP contribution in [-0.2, 0) is 33.2 Å². The topological polar surface area (TPSA) is 214 Å². The second-order valence-corrected chi connectivity index (χ2v) is 19.8. The molecular weight excluding hydrogens is 873 g/mol. The maximum Gasteiger partial charge on any atom is 0.306 e. The lowest BCUT2D eigenvalue weighted by molar-refractivity contribution is -0.332. The normalized spacial score (nSPS) is 25.9. The van der Waals surface area contributed by atoms with Gasteiger partial charge in [-0.2, -0.15) is 0 Å². The summed E-state index contributed by atoms with van der Waals surface area (Å²) in [5.74, 6) is -0.383. The molecule has 68 heavy (non-hydrogen) atoms. The van der Waals surface area contributed by atoms with Crippen molar-refractivity contribution in [2.24, 2.45) is 0 Å². The van der Waals surface area contributed by atoms with Crippen molar-refractivity contribution in [3.63, 3.8) is 0 Å². The van der Waals surface area contributed by atoms with Crippen LogP contribution in [0, 0.1) is 0 Å². The standard InChI is InChI=1S/C54H102O14/c1-3-5-7-9-11-13-15-16-17-18-19-20-21-22-23-24-25-26-27-28-30-32-34-36-38-63-40-43(66-46(56)37-35-33-31-29-14-12-10-8-6-4-2)41-64-53-52(62)50(60)48(58)45(68-53)42-65-54-51(61)49(59)47(57)44(39-55)67-54/h8,10,43-45,47-55,57-62H,3-7,9,11-42H2,1-2H3/b10-8-. The van der Waals surface area contributed by atoms with Gasteiger partial charge < -0.3 is 64.2 Å².